The molecule has 0 spiro atoms. The van der Waals surface area contributed by atoms with E-state index in [1.54, 1.807) is 0 Å². The molecule has 7 rings (SSSR count). The topological polar surface area (TPSA) is 67.9 Å². The molecule has 0 saturated heterocycles. The Kier molecular flexibility index (Phi) is 3.91. The number of ether oxygens (including phenoxy) is 1. The average molecular weight is 441 g/mol. The normalized spacial score (nSPS) is 11.9. The van der Waals surface area contributed by atoms with Crippen LogP contribution in [0.3, 0.4) is 0 Å². The van der Waals surface area contributed by atoms with Gasteiger partial charge < -0.3 is 9.72 Å². The van der Waals surface area contributed by atoms with Crippen molar-refractivity contribution in [2.75, 3.05) is 6.61 Å². The van der Waals surface area contributed by atoms with Crippen molar-refractivity contribution in [2.24, 2.45) is 0 Å². The van der Waals surface area contributed by atoms with Crippen LogP contribution in [0.2, 0.25) is 0 Å². The number of aromatic amines is 1. The first kappa shape index (κ1) is 19.0. The second-order valence-electron chi connectivity index (χ2n) is 8.44. The maximum Gasteiger partial charge on any atom is 0.338 e. The van der Waals surface area contributed by atoms with Gasteiger partial charge in [0.2, 0.25) is 0 Å². The fourth-order valence-electron chi connectivity index (χ4n) is 5.14. The maximum absolute atomic E-state index is 13.3. The zero-order valence-corrected chi connectivity index (χ0v) is 18.4. The molecule has 5 aromatic carbocycles. The fourth-order valence-corrected chi connectivity index (χ4v) is 5.14. The molecule has 0 amide bonds. The Morgan fingerprint density at radius 1 is 0.765 bits per heavy atom. The Labute approximate surface area is 194 Å². The summed E-state index contributed by atoms with van der Waals surface area (Å²) in [7, 11) is 0. The molecule has 0 aliphatic heterocycles. The molecule has 162 valence electrons. The van der Waals surface area contributed by atoms with Crippen molar-refractivity contribution in [1.29, 1.82) is 0 Å². The molecule has 2 heterocycles. The number of benzene rings is 5. The van der Waals surface area contributed by atoms with Gasteiger partial charge in [0.15, 0.2) is 0 Å². The molecule has 7 aromatic rings. The van der Waals surface area contributed by atoms with Crippen molar-refractivity contribution >= 4 is 71.4 Å². The van der Waals surface area contributed by atoms with E-state index in [0.717, 1.165) is 65.4 Å². The van der Waals surface area contributed by atoms with Gasteiger partial charge in [0.05, 0.1) is 45.3 Å². The van der Waals surface area contributed by atoms with Gasteiger partial charge in [0.25, 0.3) is 0 Å². The van der Waals surface area contributed by atoms with Crippen LogP contribution < -0.4 is 0 Å². The first-order chi connectivity index (χ1) is 16.7. The Hall–Kier alpha value is -4.51. The number of H-pyrrole nitrogens is 1. The zero-order valence-electron chi connectivity index (χ0n) is 18.4. The van der Waals surface area contributed by atoms with Gasteiger partial charge in [-0.15, -0.1) is 0 Å². The number of nitrogens with zero attached hydrogens (tertiary/aromatic N) is 2. The summed E-state index contributed by atoms with van der Waals surface area (Å²) >= 11 is 0. The molecule has 0 aliphatic carbocycles. The van der Waals surface area contributed by atoms with E-state index in [0.29, 0.717) is 12.2 Å². The highest BCUT2D eigenvalue weighted by Crippen LogP contribution is 2.42. The van der Waals surface area contributed by atoms with Gasteiger partial charge >= 0.3 is 5.97 Å². The van der Waals surface area contributed by atoms with Gasteiger partial charge in [-0.2, -0.15) is 0 Å². The summed E-state index contributed by atoms with van der Waals surface area (Å²) in [6.07, 6.45) is 0. The largest absolute Gasteiger partial charge is 0.462 e. The van der Waals surface area contributed by atoms with Crippen LogP contribution in [0.25, 0.3) is 65.4 Å². The Balaban J connectivity index is 1.84. The molecule has 5 nitrogen and oxygen atoms in total. The van der Waals surface area contributed by atoms with Gasteiger partial charge in [-0.1, -0.05) is 54.6 Å². The summed E-state index contributed by atoms with van der Waals surface area (Å²) in [5.74, 6) is -0.335. The first-order valence-electron chi connectivity index (χ1n) is 11.4. The smallest absolute Gasteiger partial charge is 0.338 e. The van der Waals surface area contributed by atoms with Crippen LogP contribution in [0, 0.1) is 0 Å². The summed E-state index contributed by atoms with van der Waals surface area (Å²) in [4.78, 5) is 27.0. The van der Waals surface area contributed by atoms with E-state index in [9.17, 15) is 4.79 Å². The number of rotatable bonds is 2. The number of hydrogen-bond donors (Lipinski definition) is 1. The minimum atomic E-state index is -0.335. The molecular formula is C29H19N3O2. The monoisotopic (exact) mass is 441 g/mol. The predicted octanol–water partition coefficient (Wildman–Crippen LogP) is 6.90. The molecular weight excluding hydrogens is 422 g/mol. The van der Waals surface area contributed by atoms with Crippen molar-refractivity contribution in [3.63, 3.8) is 0 Å². The number of fused-ring (bicyclic) bond motifs is 11. The summed E-state index contributed by atoms with van der Waals surface area (Å²) in [6, 6.07) is 26.1. The zero-order chi connectivity index (χ0) is 22.8. The first-order valence-corrected chi connectivity index (χ1v) is 11.4. The van der Waals surface area contributed by atoms with Gasteiger partial charge in [0.1, 0.15) is 0 Å². The van der Waals surface area contributed by atoms with Crippen LogP contribution in [-0.4, -0.2) is 27.5 Å². The second kappa shape index (κ2) is 6.99. The number of aromatic nitrogens is 3. The van der Waals surface area contributed by atoms with Gasteiger partial charge in [-0.05, 0) is 36.6 Å². The molecule has 2 aromatic heterocycles. The minimum Gasteiger partial charge on any atom is -0.462 e. The van der Waals surface area contributed by atoms with Gasteiger partial charge in [-0.25, -0.2) is 14.8 Å². The highest BCUT2D eigenvalue weighted by Gasteiger charge is 2.23. The van der Waals surface area contributed by atoms with E-state index in [-0.39, 0.29) is 5.97 Å². The molecule has 0 unspecified atom stereocenters. The molecule has 1 N–H and O–H groups in total. The van der Waals surface area contributed by atoms with Crippen molar-refractivity contribution in [2.45, 2.75) is 6.92 Å². The number of nitrogens with one attached hydrogen (secondary N) is 1. The van der Waals surface area contributed by atoms with Crippen LogP contribution in [-0.2, 0) is 4.74 Å². The van der Waals surface area contributed by atoms with Crippen molar-refractivity contribution in [3.05, 3.63) is 84.4 Å². The number of carbonyl (C=O) groups is 1. The van der Waals surface area contributed by atoms with Crippen molar-refractivity contribution in [1.82, 2.24) is 15.0 Å². The van der Waals surface area contributed by atoms with Crippen LogP contribution in [0.15, 0.2) is 78.9 Å². The molecule has 34 heavy (non-hydrogen) atoms. The molecule has 0 aliphatic rings. The third-order valence-electron chi connectivity index (χ3n) is 6.56. The number of para-hydroxylation sites is 3. The molecule has 0 fully saturated rings. The average Bonchev–Trinajstić information content (AvgIpc) is 3.25. The number of hydrogen-bond acceptors (Lipinski definition) is 4. The predicted molar refractivity (Wildman–Crippen MR) is 137 cm³/mol. The lowest BCUT2D eigenvalue weighted by atomic mass is 9.93. The molecule has 0 saturated carbocycles. The van der Waals surface area contributed by atoms with Gasteiger partial charge in [-0.3, -0.25) is 0 Å². The molecule has 5 heteroatoms. The highest BCUT2D eigenvalue weighted by molar-refractivity contribution is 6.35. The highest BCUT2D eigenvalue weighted by atomic mass is 16.5. The minimum absolute atomic E-state index is 0.308. The summed E-state index contributed by atoms with van der Waals surface area (Å²) in [6.45, 7) is 2.14. The van der Waals surface area contributed by atoms with Crippen molar-refractivity contribution in [3.8, 4) is 0 Å². The maximum atomic E-state index is 13.3. The second-order valence-corrected chi connectivity index (χ2v) is 8.44. The lowest BCUT2D eigenvalue weighted by Crippen LogP contribution is -2.06. The fraction of sp³-hybridized carbons (Fsp3) is 0.0690. The number of esters is 1. The molecule has 0 atom stereocenters. The van der Waals surface area contributed by atoms with Crippen molar-refractivity contribution < 1.29 is 9.53 Å². The summed E-state index contributed by atoms with van der Waals surface area (Å²) in [5, 5.41) is 5.62. The molecule has 0 bridgehead atoms. The van der Waals surface area contributed by atoms with E-state index < -0.39 is 0 Å². The van der Waals surface area contributed by atoms with E-state index in [2.05, 4.69) is 11.1 Å². The van der Waals surface area contributed by atoms with E-state index in [4.69, 9.17) is 14.7 Å². The third kappa shape index (κ3) is 2.52. The van der Waals surface area contributed by atoms with Gasteiger partial charge in [0, 0.05) is 26.9 Å². The Morgan fingerprint density at radius 2 is 1.44 bits per heavy atom. The Bertz CT molecular complexity index is 1950. The van der Waals surface area contributed by atoms with E-state index >= 15 is 0 Å². The molecule has 0 radical (unpaired) electrons. The quantitative estimate of drug-likeness (QED) is 0.180. The van der Waals surface area contributed by atoms with E-state index in [1.807, 2.05) is 79.7 Å². The van der Waals surface area contributed by atoms with E-state index in [1.165, 1.54) is 0 Å². The lowest BCUT2D eigenvalue weighted by molar-refractivity contribution is 0.0529. The van der Waals surface area contributed by atoms with Crippen LogP contribution >= 0.6 is 0 Å². The van der Waals surface area contributed by atoms with Crippen LogP contribution in [0.5, 0.6) is 0 Å². The summed E-state index contributed by atoms with van der Waals surface area (Å²) < 4.78 is 5.52. The van der Waals surface area contributed by atoms with Crippen LogP contribution in [0.4, 0.5) is 0 Å². The lowest BCUT2D eigenvalue weighted by Gasteiger charge is -2.15. The third-order valence-corrected chi connectivity index (χ3v) is 6.56. The SMILES string of the molecule is CCOC(=O)c1cc2c3ccccc3nc2c2c3[nH]c4ccccc4nc3c3ccccc3c12. The number of carbonyl (C=O) groups excluding carboxylic acids is 1. The van der Waals surface area contributed by atoms with Crippen LogP contribution in [0.1, 0.15) is 17.3 Å². The standard InChI is InChI=1S/C29H19N3O2/c1-2-34-29(33)20-15-19-16-9-5-6-12-21(16)30-26(19)25-24(20)17-10-3-4-11-18(17)27-28(25)32-23-14-8-7-13-22(23)31-27/h3-15,32H,2H2,1H3. The Morgan fingerprint density at radius 3 is 2.26 bits per heavy atom. The summed E-state index contributed by atoms with van der Waals surface area (Å²) in [5.41, 5.74) is 5.84.